The van der Waals surface area contributed by atoms with Gasteiger partial charge in [0.25, 0.3) is 0 Å². The van der Waals surface area contributed by atoms with Gasteiger partial charge >= 0.3 is 0 Å². The van der Waals surface area contributed by atoms with Crippen LogP contribution in [0.4, 0.5) is 10.1 Å². The van der Waals surface area contributed by atoms with Crippen LogP contribution >= 0.6 is 0 Å². The molecule has 0 bridgehead atoms. The Morgan fingerprint density at radius 3 is 2.73 bits per heavy atom. The van der Waals surface area contributed by atoms with Crippen LogP contribution in [0.1, 0.15) is 5.56 Å². The van der Waals surface area contributed by atoms with E-state index >= 15 is 0 Å². The van der Waals surface area contributed by atoms with Crippen molar-refractivity contribution in [1.29, 1.82) is 0 Å². The van der Waals surface area contributed by atoms with Crippen LogP contribution in [0.3, 0.4) is 0 Å². The summed E-state index contributed by atoms with van der Waals surface area (Å²) >= 11 is 0. The van der Waals surface area contributed by atoms with Crippen molar-refractivity contribution >= 4 is 5.69 Å². The third-order valence-corrected chi connectivity index (χ3v) is 2.32. The minimum Gasteiger partial charge on any atom is -0.399 e. The van der Waals surface area contributed by atoms with Crippen LogP contribution < -0.4 is 5.73 Å². The van der Waals surface area contributed by atoms with Gasteiger partial charge in [0.1, 0.15) is 5.82 Å². The molecule has 15 heavy (non-hydrogen) atoms. The van der Waals surface area contributed by atoms with Crippen LogP contribution in [0.25, 0.3) is 11.1 Å². The zero-order valence-electron chi connectivity index (χ0n) is 8.37. The zero-order valence-corrected chi connectivity index (χ0v) is 8.37. The number of benzene rings is 1. The van der Waals surface area contributed by atoms with Gasteiger partial charge in [0.05, 0.1) is 0 Å². The van der Waals surface area contributed by atoms with Crippen LogP contribution in [-0.2, 0) is 0 Å². The molecule has 1 heterocycles. The Balaban J connectivity index is 2.64. The van der Waals surface area contributed by atoms with Crippen molar-refractivity contribution in [2.75, 3.05) is 5.73 Å². The number of nitrogen functional groups attached to an aromatic ring is 1. The second kappa shape index (κ2) is 3.69. The molecule has 0 amide bonds. The largest absolute Gasteiger partial charge is 0.399 e. The molecule has 0 radical (unpaired) electrons. The molecule has 76 valence electrons. The van der Waals surface area contributed by atoms with E-state index in [1.807, 2.05) is 13.0 Å². The molecule has 0 aliphatic heterocycles. The molecule has 0 saturated carbocycles. The summed E-state index contributed by atoms with van der Waals surface area (Å²) in [5.41, 5.74) is 8.44. The summed E-state index contributed by atoms with van der Waals surface area (Å²) < 4.78 is 13.6. The van der Waals surface area contributed by atoms with Crippen molar-refractivity contribution in [3.8, 4) is 11.1 Å². The second-order valence-electron chi connectivity index (χ2n) is 3.43. The Kier molecular flexibility index (Phi) is 2.37. The lowest BCUT2D eigenvalue weighted by Gasteiger charge is -2.06. The Morgan fingerprint density at radius 2 is 2.00 bits per heavy atom. The van der Waals surface area contributed by atoms with Crippen LogP contribution in [0.5, 0.6) is 0 Å². The van der Waals surface area contributed by atoms with E-state index in [1.165, 1.54) is 6.07 Å². The Morgan fingerprint density at radius 1 is 1.20 bits per heavy atom. The van der Waals surface area contributed by atoms with Crippen molar-refractivity contribution in [2.45, 2.75) is 6.92 Å². The number of hydrogen-bond donors (Lipinski definition) is 1. The SMILES string of the molecule is Cc1ccncc1-c1cc(N)ccc1F. The first kappa shape index (κ1) is 9.65. The van der Waals surface area contributed by atoms with Gasteiger partial charge in [-0.05, 0) is 36.8 Å². The molecule has 0 aliphatic rings. The van der Waals surface area contributed by atoms with E-state index in [4.69, 9.17) is 5.73 Å². The normalized spacial score (nSPS) is 10.3. The van der Waals surface area contributed by atoms with Gasteiger partial charge in [-0.1, -0.05) is 0 Å². The topological polar surface area (TPSA) is 38.9 Å². The number of pyridine rings is 1. The number of rotatable bonds is 1. The lowest BCUT2D eigenvalue weighted by atomic mass is 10.0. The smallest absolute Gasteiger partial charge is 0.131 e. The standard InChI is InChI=1S/C12H11FN2/c1-8-4-5-15-7-11(8)10-6-9(14)2-3-12(10)13/h2-7H,14H2,1H3. The summed E-state index contributed by atoms with van der Waals surface area (Å²) in [5, 5.41) is 0. The highest BCUT2D eigenvalue weighted by Crippen LogP contribution is 2.26. The van der Waals surface area contributed by atoms with E-state index in [0.717, 1.165) is 11.1 Å². The first-order chi connectivity index (χ1) is 7.18. The highest BCUT2D eigenvalue weighted by atomic mass is 19.1. The van der Waals surface area contributed by atoms with Gasteiger partial charge in [-0.3, -0.25) is 4.98 Å². The summed E-state index contributed by atoms with van der Waals surface area (Å²) in [5.74, 6) is -0.277. The fourth-order valence-corrected chi connectivity index (χ4v) is 1.50. The number of aromatic nitrogens is 1. The van der Waals surface area contributed by atoms with E-state index in [9.17, 15) is 4.39 Å². The molecule has 0 atom stereocenters. The fraction of sp³-hybridized carbons (Fsp3) is 0.0833. The predicted molar refractivity (Wildman–Crippen MR) is 58.8 cm³/mol. The van der Waals surface area contributed by atoms with Gasteiger partial charge in [0, 0.05) is 29.2 Å². The molecule has 2 rings (SSSR count). The minimum atomic E-state index is -0.277. The van der Waals surface area contributed by atoms with E-state index in [1.54, 1.807) is 24.5 Å². The number of anilines is 1. The molecule has 2 N–H and O–H groups in total. The zero-order chi connectivity index (χ0) is 10.8. The molecule has 2 aromatic rings. The third kappa shape index (κ3) is 1.81. The molecule has 0 unspecified atom stereocenters. The van der Waals surface area contributed by atoms with Crippen molar-refractivity contribution in [3.05, 3.63) is 48.0 Å². The summed E-state index contributed by atoms with van der Waals surface area (Å²) in [6.45, 7) is 1.92. The lowest BCUT2D eigenvalue weighted by molar-refractivity contribution is 0.631. The average Bonchev–Trinajstić information content (AvgIpc) is 2.23. The molecular formula is C12H11FN2. The highest BCUT2D eigenvalue weighted by Gasteiger charge is 2.07. The molecular weight excluding hydrogens is 191 g/mol. The van der Waals surface area contributed by atoms with Crippen molar-refractivity contribution in [1.82, 2.24) is 4.98 Å². The van der Waals surface area contributed by atoms with E-state index in [2.05, 4.69) is 4.98 Å². The first-order valence-corrected chi connectivity index (χ1v) is 4.64. The number of hydrogen-bond acceptors (Lipinski definition) is 2. The number of nitrogens with two attached hydrogens (primary N) is 1. The average molecular weight is 202 g/mol. The Hall–Kier alpha value is -1.90. The minimum absolute atomic E-state index is 0.277. The summed E-state index contributed by atoms with van der Waals surface area (Å²) in [6.07, 6.45) is 3.33. The molecule has 0 fully saturated rings. The molecule has 0 spiro atoms. The van der Waals surface area contributed by atoms with Gasteiger partial charge in [-0.2, -0.15) is 0 Å². The molecule has 3 heteroatoms. The number of aryl methyl sites for hydroxylation is 1. The van der Waals surface area contributed by atoms with Crippen molar-refractivity contribution in [2.24, 2.45) is 0 Å². The molecule has 1 aromatic heterocycles. The second-order valence-corrected chi connectivity index (χ2v) is 3.43. The predicted octanol–water partition coefficient (Wildman–Crippen LogP) is 2.78. The van der Waals surface area contributed by atoms with Gasteiger partial charge in [0.15, 0.2) is 0 Å². The quantitative estimate of drug-likeness (QED) is 0.722. The molecule has 2 nitrogen and oxygen atoms in total. The fourth-order valence-electron chi connectivity index (χ4n) is 1.50. The van der Waals surface area contributed by atoms with E-state index in [-0.39, 0.29) is 5.82 Å². The maximum absolute atomic E-state index is 13.6. The highest BCUT2D eigenvalue weighted by molar-refractivity contribution is 5.69. The molecule has 0 aliphatic carbocycles. The first-order valence-electron chi connectivity index (χ1n) is 4.64. The monoisotopic (exact) mass is 202 g/mol. The number of nitrogens with zero attached hydrogens (tertiary/aromatic N) is 1. The summed E-state index contributed by atoms with van der Waals surface area (Å²) in [7, 11) is 0. The molecule has 0 saturated heterocycles. The third-order valence-electron chi connectivity index (χ3n) is 2.32. The maximum Gasteiger partial charge on any atom is 0.131 e. The van der Waals surface area contributed by atoms with E-state index < -0.39 is 0 Å². The lowest BCUT2D eigenvalue weighted by Crippen LogP contribution is -1.92. The van der Waals surface area contributed by atoms with Gasteiger partial charge in [0.2, 0.25) is 0 Å². The Bertz CT molecular complexity index is 495. The van der Waals surface area contributed by atoms with Gasteiger partial charge in [-0.25, -0.2) is 4.39 Å². The van der Waals surface area contributed by atoms with Gasteiger partial charge in [-0.15, -0.1) is 0 Å². The van der Waals surface area contributed by atoms with Crippen LogP contribution in [0.15, 0.2) is 36.7 Å². The van der Waals surface area contributed by atoms with Crippen molar-refractivity contribution < 1.29 is 4.39 Å². The number of halogens is 1. The van der Waals surface area contributed by atoms with Crippen LogP contribution in [0, 0.1) is 12.7 Å². The Labute approximate surface area is 87.6 Å². The maximum atomic E-state index is 13.6. The van der Waals surface area contributed by atoms with Gasteiger partial charge < -0.3 is 5.73 Å². The van der Waals surface area contributed by atoms with E-state index in [0.29, 0.717) is 11.3 Å². The van der Waals surface area contributed by atoms with Crippen molar-refractivity contribution in [3.63, 3.8) is 0 Å². The summed E-state index contributed by atoms with van der Waals surface area (Å²) in [4.78, 5) is 3.99. The molecule has 1 aromatic carbocycles. The summed E-state index contributed by atoms with van der Waals surface area (Å²) in [6, 6.07) is 6.39. The van der Waals surface area contributed by atoms with Crippen LogP contribution in [-0.4, -0.2) is 4.98 Å². The van der Waals surface area contributed by atoms with Crippen LogP contribution in [0.2, 0.25) is 0 Å².